The fourth-order valence-corrected chi connectivity index (χ4v) is 3.23. The topological polar surface area (TPSA) is 65.1 Å². The number of aromatic nitrogens is 1. The number of benzene rings is 2. The lowest BCUT2D eigenvalue weighted by molar-refractivity contribution is -0.129. The van der Waals surface area contributed by atoms with Crippen LogP contribution in [0.3, 0.4) is 0 Å². The molecule has 4 rings (SSSR count). The molecule has 0 fully saturated rings. The zero-order valence-corrected chi connectivity index (χ0v) is 11.5. The van der Waals surface area contributed by atoms with Crippen LogP contribution < -0.4 is 5.32 Å². The molecular weight excluding hydrogens is 264 g/mol. The number of H-pyrrole nitrogens is 1. The van der Waals surface area contributed by atoms with Crippen molar-refractivity contribution in [2.75, 3.05) is 5.32 Å². The van der Waals surface area contributed by atoms with Crippen molar-refractivity contribution in [2.45, 2.75) is 12.5 Å². The van der Waals surface area contributed by atoms with Gasteiger partial charge < -0.3 is 15.4 Å². The maximum Gasteiger partial charge on any atom is 0.265 e. The summed E-state index contributed by atoms with van der Waals surface area (Å²) in [6.07, 6.45) is 0. The van der Waals surface area contributed by atoms with E-state index in [2.05, 4.69) is 10.3 Å². The lowest BCUT2D eigenvalue weighted by atomic mass is 9.85. The quantitative estimate of drug-likeness (QED) is 0.640. The molecule has 1 aliphatic heterocycles. The summed E-state index contributed by atoms with van der Waals surface area (Å²) < 4.78 is 0. The molecule has 4 heteroatoms. The van der Waals surface area contributed by atoms with Crippen molar-refractivity contribution < 1.29 is 9.90 Å². The highest BCUT2D eigenvalue weighted by Gasteiger charge is 2.48. The van der Waals surface area contributed by atoms with E-state index in [0.717, 1.165) is 16.6 Å². The predicted molar refractivity (Wildman–Crippen MR) is 81.1 cm³/mol. The molecule has 21 heavy (non-hydrogen) atoms. The van der Waals surface area contributed by atoms with Crippen molar-refractivity contribution in [3.05, 3.63) is 65.4 Å². The van der Waals surface area contributed by atoms with Gasteiger partial charge in [-0.3, -0.25) is 4.79 Å². The summed E-state index contributed by atoms with van der Waals surface area (Å²) in [6.45, 7) is 1.88. The maximum atomic E-state index is 12.5. The number of anilines is 1. The van der Waals surface area contributed by atoms with Crippen LogP contribution in [0.25, 0.3) is 10.9 Å². The third-order valence-electron chi connectivity index (χ3n) is 4.15. The number of rotatable bonds is 1. The molecule has 4 nitrogen and oxygen atoms in total. The highest BCUT2D eigenvalue weighted by atomic mass is 16.3. The van der Waals surface area contributed by atoms with Gasteiger partial charge in [-0.1, -0.05) is 36.4 Å². The van der Waals surface area contributed by atoms with Crippen molar-refractivity contribution in [3.8, 4) is 0 Å². The normalized spacial score (nSPS) is 20.6. The van der Waals surface area contributed by atoms with Crippen LogP contribution in [0, 0.1) is 6.92 Å². The Hall–Kier alpha value is -2.59. The number of hydrogen-bond acceptors (Lipinski definition) is 2. The Labute approximate surface area is 121 Å². The molecule has 0 saturated carbocycles. The molecule has 104 valence electrons. The van der Waals surface area contributed by atoms with Crippen LogP contribution in [0.5, 0.6) is 0 Å². The fourth-order valence-electron chi connectivity index (χ4n) is 3.23. The number of hydrogen-bond donors (Lipinski definition) is 3. The minimum absolute atomic E-state index is 0.406. The van der Waals surface area contributed by atoms with Gasteiger partial charge in [0.2, 0.25) is 0 Å². The van der Waals surface area contributed by atoms with E-state index in [1.165, 1.54) is 0 Å². The number of carbonyl (C=O) groups excluding carboxylic acids is 1. The van der Waals surface area contributed by atoms with Crippen LogP contribution in [-0.4, -0.2) is 16.0 Å². The molecule has 0 radical (unpaired) electrons. The molecule has 0 spiro atoms. The van der Waals surface area contributed by atoms with Crippen LogP contribution >= 0.6 is 0 Å². The minimum atomic E-state index is -1.65. The second-order valence-corrected chi connectivity index (χ2v) is 5.38. The third kappa shape index (κ3) is 1.45. The number of nitrogens with one attached hydrogen (secondary N) is 2. The zero-order chi connectivity index (χ0) is 14.6. The van der Waals surface area contributed by atoms with Crippen LogP contribution in [0.15, 0.2) is 48.5 Å². The molecule has 1 unspecified atom stereocenters. The summed E-state index contributed by atoms with van der Waals surface area (Å²) in [7, 11) is 0. The van der Waals surface area contributed by atoms with Crippen LogP contribution in [0.2, 0.25) is 0 Å². The van der Waals surface area contributed by atoms with E-state index < -0.39 is 11.5 Å². The van der Waals surface area contributed by atoms with Gasteiger partial charge in [0.1, 0.15) is 0 Å². The summed E-state index contributed by atoms with van der Waals surface area (Å²) in [5.41, 5.74) is 1.94. The minimum Gasteiger partial charge on any atom is -0.372 e. The van der Waals surface area contributed by atoms with Crippen LogP contribution in [0.1, 0.15) is 16.8 Å². The molecule has 1 amide bonds. The number of aryl methyl sites for hydroxylation is 1. The van der Waals surface area contributed by atoms with Crippen molar-refractivity contribution in [1.82, 2.24) is 4.98 Å². The first kappa shape index (κ1) is 12.2. The number of para-hydroxylation sites is 2. The number of aliphatic hydroxyl groups is 1. The van der Waals surface area contributed by atoms with E-state index >= 15 is 0 Å². The molecule has 2 aromatic carbocycles. The Bertz CT molecular complexity index is 881. The lowest BCUT2D eigenvalue weighted by Gasteiger charge is -2.21. The van der Waals surface area contributed by atoms with E-state index in [-0.39, 0.29) is 0 Å². The summed E-state index contributed by atoms with van der Waals surface area (Å²) in [4.78, 5) is 15.7. The van der Waals surface area contributed by atoms with Gasteiger partial charge in [0.25, 0.3) is 5.91 Å². The number of aromatic amines is 1. The highest BCUT2D eigenvalue weighted by Crippen LogP contribution is 2.44. The smallest absolute Gasteiger partial charge is 0.265 e. The second kappa shape index (κ2) is 3.96. The van der Waals surface area contributed by atoms with Gasteiger partial charge in [0.05, 0.1) is 0 Å². The Kier molecular flexibility index (Phi) is 2.30. The fraction of sp³-hybridized carbons (Fsp3) is 0.118. The Morgan fingerprint density at radius 2 is 1.76 bits per heavy atom. The van der Waals surface area contributed by atoms with Crippen molar-refractivity contribution in [2.24, 2.45) is 0 Å². The number of fused-ring (bicyclic) bond motifs is 2. The van der Waals surface area contributed by atoms with E-state index in [1.54, 1.807) is 12.1 Å². The SMILES string of the molecule is Cc1[nH]c2ccccc2c1C1(O)C(=O)Nc2ccccc21. The molecule has 2 heterocycles. The van der Waals surface area contributed by atoms with Gasteiger partial charge in [0, 0.05) is 33.4 Å². The van der Waals surface area contributed by atoms with Crippen LogP contribution in [0.4, 0.5) is 5.69 Å². The maximum absolute atomic E-state index is 12.5. The molecule has 1 atom stereocenters. The Morgan fingerprint density at radius 3 is 2.62 bits per heavy atom. The average molecular weight is 278 g/mol. The highest BCUT2D eigenvalue weighted by molar-refractivity contribution is 6.09. The molecule has 0 bridgehead atoms. The number of amides is 1. The van der Waals surface area contributed by atoms with Gasteiger partial charge in [-0.05, 0) is 19.1 Å². The van der Waals surface area contributed by atoms with Crippen molar-refractivity contribution in [3.63, 3.8) is 0 Å². The van der Waals surface area contributed by atoms with Crippen molar-refractivity contribution in [1.29, 1.82) is 0 Å². The first-order valence-corrected chi connectivity index (χ1v) is 6.83. The standard InChI is InChI=1S/C17H14N2O2/c1-10-15(11-6-2-4-8-13(11)18-10)17(21)12-7-3-5-9-14(12)19-16(17)20/h2-9,18,21H,1H3,(H,19,20). The monoisotopic (exact) mass is 278 g/mol. The third-order valence-corrected chi connectivity index (χ3v) is 4.15. The van der Waals surface area contributed by atoms with Gasteiger partial charge in [-0.2, -0.15) is 0 Å². The Morgan fingerprint density at radius 1 is 1.05 bits per heavy atom. The molecule has 3 N–H and O–H groups in total. The van der Waals surface area contributed by atoms with E-state index in [4.69, 9.17) is 0 Å². The summed E-state index contributed by atoms with van der Waals surface area (Å²) >= 11 is 0. The van der Waals surface area contributed by atoms with E-state index in [0.29, 0.717) is 16.8 Å². The summed E-state index contributed by atoms with van der Waals surface area (Å²) in [5, 5.41) is 14.8. The lowest BCUT2D eigenvalue weighted by Crippen LogP contribution is -2.35. The van der Waals surface area contributed by atoms with Gasteiger partial charge in [0.15, 0.2) is 5.60 Å². The molecule has 1 aromatic heterocycles. The van der Waals surface area contributed by atoms with Crippen molar-refractivity contribution >= 4 is 22.5 Å². The van der Waals surface area contributed by atoms with Gasteiger partial charge in [-0.15, -0.1) is 0 Å². The molecule has 3 aromatic rings. The number of carbonyl (C=O) groups is 1. The summed E-state index contributed by atoms with van der Waals surface area (Å²) in [6, 6.07) is 14.9. The molecule has 0 aliphatic carbocycles. The molecule has 0 saturated heterocycles. The molecular formula is C17H14N2O2. The van der Waals surface area contributed by atoms with E-state index in [9.17, 15) is 9.90 Å². The van der Waals surface area contributed by atoms with Gasteiger partial charge in [-0.25, -0.2) is 0 Å². The van der Waals surface area contributed by atoms with E-state index in [1.807, 2.05) is 43.3 Å². The van der Waals surface area contributed by atoms with Gasteiger partial charge >= 0.3 is 0 Å². The largest absolute Gasteiger partial charge is 0.372 e. The van der Waals surface area contributed by atoms with Crippen LogP contribution in [-0.2, 0) is 10.4 Å². The predicted octanol–water partition coefficient (Wildman–Crippen LogP) is 2.66. The first-order chi connectivity index (χ1) is 10.1. The first-order valence-electron chi connectivity index (χ1n) is 6.83. The zero-order valence-electron chi connectivity index (χ0n) is 11.5. The average Bonchev–Trinajstić information content (AvgIpc) is 2.94. The molecule has 1 aliphatic rings. The second-order valence-electron chi connectivity index (χ2n) is 5.38. The Balaban J connectivity index is 2.08. The summed E-state index contributed by atoms with van der Waals surface area (Å²) in [5.74, 6) is -0.406.